The highest BCUT2D eigenvalue weighted by atomic mass is 127. The van der Waals surface area contributed by atoms with E-state index in [9.17, 15) is 8.42 Å². The van der Waals surface area contributed by atoms with Crippen LogP contribution < -0.4 is 15.4 Å². The number of aliphatic imine (C=N–C) groups is 1. The number of thiazole rings is 1. The molecule has 0 radical (unpaired) electrons. The molecule has 1 heterocycles. The Morgan fingerprint density at radius 3 is 2.64 bits per heavy atom. The molecule has 10 heteroatoms. The molecule has 0 spiro atoms. The van der Waals surface area contributed by atoms with Crippen LogP contribution in [0.4, 0.5) is 0 Å². The Labute approximate surface area is 188 Å². The van der Waals surface area contributed by atoms with E-state index in [0.29, 0.717) is 6.54 Å². The highest BCUT2D eigenvalue weighted by Crippen LogP contribution is 2.11. The molecule has 156 valence electrons. The molecular formula is C18H28IN5O2S2. The van der Waals surface area contributed by atoms with Crippen LogP contribution in [0.5, 0.6) is 0 Å². The SMILES string of the molecule is CCNC(=NCc1cccc(CS(=O)(=O)NC)c1)NCCc1ncc(C)s1.I. The topological polar surface area (TPSA) is 95.5 Å². The summed E-state index contributed by atoms with van der Waals surface area (Å²) in [6.45, 7) is 6.06. The second-order valence-corrected chi connectivity index (χ2v) is 9.27. The third-order valence-electron chi connectivity index (χ3n) is 3.72. The lowest BCUT2D eigenvalue weighted by Crippen LogP contribution is -2.38. The van der Waals surface area contributed by atoms with Crippen molar-refractivity contribution in [3.8, 4) is 0 Å². The third-order valence-corrected chi connectivity index (χ3v) is 6.03. The number of aryl methyl sites for hydroxylation is 1. The first-order valence-corrected chi connectivity index (χ1v) is 11.3. The van der Waals surface area contributed by atoms with E-state index in [1.165, 1.54) is 11.9 Å². The normalized spacial score (nSPS) is 11.8. The van der Waals surface area contributed by atoms with E-state index in [1.54, 1.807) is 11.3 Å². The van der Waals surface area contributed by atoms with E-state index in [4.69, 9.17) is 0 Å². The molecule has 0 fully saturated rings. The van der Waals surface area contributed by atoms with Gasteiger partial charge < -0.3 is 10.6 Å². The van der Waals surface area contributed by atoms with Crippen molar-refractivity contribution in [1.82, 2.24) is 20.3 Å². The number of aromatic nitrogens is 1. The molecule has 3 N–H and O–H groups in total. The fourth-order valence-corrected chi connectivity index (χ4v) is 3.98. The van der Waals surface area contributed by atoms with Gasteiger partial charge in [0.15, 0.2) is 5.96 Å². The third kappa shape index (κ3) is 8.84. The Hall–Kier alpha value is -1.24. The Bertz CT molecular complexity index is 868. The van der Waals surface area contributed by atoms with Crippen LogP contribution >= 0.6 is 35.3 Å². The van der Waals surface area contributed by atoms with Crippen LogP contribution in [0, 0.1) is 6.92 Å². The molecule has 2 rings (SSSR count). The number of nitrogens with one attached hydrogen (secondary N) is 3. The van der Waals surface area contributed by atoms with Crippen molar-refractivity contribution in [3.63, 3.8) is 0 Å². The van der Waals surface area contributed by atoms with Gasteiger partial charge in [-0.3, -0.25) is 0 Å². The van der Waals surface area contributed by atoms with Crippen LogP contribution in [-0.4, -0.2) is 39.5 Å². The zero-order chi connectivity index (χ0) is 19.7. The van der Waals surface area contributed by atoms with Crippen LogP contribution in [0.2, 0.25) is 0 Å². The van der Waals surface area contributed by atoms with E-state index in [0.717, 1.165) is 41.6 Å². The molecule has 0 bridgehead atoms. The number of hydrogen-bond acceptors (Lipinski definition) is 5. The Kier molecular flexibility index (Phi) is 10.9. The van der Waals surface area contributed by atoms with Crippen LogP contribution in [0.15, 0.2) is 35.5 Å². The van der Waals surface area contributed by atoms with Gasteiger partial charge in [-0.2, -0.15) is 0 Å². The molecule has 0 atom stereocenters. The summed E-state index contributed by atoms with van der Waals surface area (Å²) in [5.41, 5.74) is 1.71. The average Bonchev–Trinajstić information content (AvgIpc) is 3.05. The van der Waals surface area contributed by atoms with Crippen LogP contribution in [0.3, 0.4) is 0 Å². The van der Waals surface area contributed by atoms with Gasteiger partial charge in [0.05, 0.1) is 17.3 Å². The van der Waals surface area contributed by atoms with Gasteiger partial charge in [0, 0.05) is 30.6 Å². The second-order valence-electron chi connectivity index (χ2n) is 6.02. The van der Waals surface area contributed by atoms with Crippen molar-refractivity contribution in [1.29, 1.82) is 0 Å². The van der Waals surface area contributed by atoms with E-state index in [2.05, 4.69) is 32.3 Å². The van der Waals surface area contributed by atoms with Gasteiger partial charge in [-0.25, -0.2) is 23.1 Å². The van der Waals surface area contributed by atoms with Gasteiger partial charge in [0.25, 0.3) is 0 Å². The van der Waals surface area contributed by atoms with Gasteiger partial charge in [0.1, 0.15) is 0 Å². The standard InChI is InChI=1S/C18H27N5O2S2.HI/c1-4-20-18(21-9-8-17-22-11-14(2)26-17)23-12-15-6-5-7-16(10-15)13-27(24,25)19-3;/h5-7,10-11,19H,4,8-9,12-13H2,1-3H3,(H2,20,21,23);1H. The molecule has 2 aromatic rings. The minimum Gasteiger partial charge on any atom is -0.357 e. The summed E-state index contributed by atoms with van der Waals surface area (Å²) in [7, 11) is -1.86. The van der Waals surface area contributed by atoms with Gasteiger partial charge in [-0.15, -0.1) is 35.3 Å². The maximum Gasteiger partial charge on any atom is 0.215 e. The predicted octanol–water partition coefficient (Wildman–Crippen LogP) is 2.42. The number of guanidine groups is 1. The highest BCUT2D eigenvalue weighted by Gasteiger charge is 2.08. The Balaban J connectivity index is 0.00000392. The number of halogens is 1. The first-order chi connectivity index (χ1) is 12.9. The lowest BCUT2D eigenvalue weighted by molar-refractivity contribution is 0.587. The fraction of sp³-hybridized carbons (Fsp3) is 0.444. The van der Waals surface area contributed by atoms with Gasteiger partial charge in [-0.05, 0) is 32.0 Å². The summed E-state index contributed by atoms with van der Waals surface area (Å²) in [6.07, 6.45) is 2.74. The van der Waals surface area contributed by atoms with Crippen molar-refractivity contribution >= 4 is 51.3 Å². The minimum absolute atomic E-state index is 0. The quantitative estimate of drug-likeness (QED) is 0.260. The summed E-state index contributed by atoms with van der Waals surface area (Å²) < 4.78 is 25.7. The molecule has 28 heavy (non-hydrogen) atoms. The Morgan fingerprint density at radius 2 is 2.00 bits per heavy atom. The smallest absolute Gasteiger partial charge is 0.215 e. The predicted molar refractivity (Wildman–Crippen MR) is 127 cm³/mol. The number of rotatable bonds is 9. The van der Waals surface area contributed by atoms with Gasteiger partial charge in [0.2, 0.25) is 10.0 Å². The van der Waals surface area contributed by atoms with Crippen LogP contribution in [0.25, 0.3) is 0 Å². The molecule has 0 saturated heterocycles. The molecule has 7 nitrogen and oxygen atoms in total. The summed E-state index contributed by atoms with van der Waals surface area (Å²) in [5.74, 6) is 0.700. The first kappa shape index (κ1) is 24.8. The van der Waals surface area contributed by atoms with Crippen LogP contribution in [0.1, 0.15) is 27.9 Å². The lowest BCUT2D eigenvalue weighted by Gasteiger charge is -2.11. The zero-order valence-electron chi connectivity index (χ0n) is 16.4. The molecule has 1 aromatic carbocycles. The number of benzene rings is 1. The van der Waals surface area contributed by atoms with Gasteiger partial charge in [-0.1, -0.05) is 24.3 Å². The van der Waals surface area contributed by atoms with Crippen molar-refractivity contribution in [2.24, 2.45) is 4.99 Å². The lowest BCUT2D eigenvalue weighted by atomic mass is 10.1. The van der Waals surface area contributed by atoms with Gasteiger partial charge >= 0.3 is 0 Å². The van der Waals surface area contributed by atoms with Crippen molar-refractivity contribution in [2.75, 3.05) is 20.1 Å². The van der Waals surface area contributed by atoms with Crippen LogP contribution in [-0.2, 0) is 28.7 Å². The van der Waals surface area contributed by atoms with E-state index >= 15 is 0 Å². The molecule has 0 amide bonds. The molecule has 0 aliphatic carbocycles. The summed E-state index contributed by atoms with van der Waals surface area (Å²) in [5, 5.41) is 7.64. The van der Waals surface area contributed by atoms with E-state index in [-0.39, 0.29) is 29.7 Å². The number of hydrogen-bond donors (Lipinski definition) is 3. The molecule has 0 aliphatic heterocycles. The number of nitrogens with zero attached hydrogens (tertiary/aromatic N) is 2. The molecule has 0 aliphatic rings. The van der Waals surface area contributed by atoms with E-state index < -0.39 is 10.0 Å². The van der Waals surface area contributed by atoms with Crippen molar-refractivity contribution < 1.29 is 8.42 Å². The molecule has 1 aromatic heterocycles. The monoisotopic (exact) mass is 537 g/mol. The molecule has 0 unspecified atom stereocenters. The zero-order valence-corrected chi connectivity index (χ0v) is 20.3. The summed E-state index contributed by atoms with van der Waals surface area (Å²) in [4.78, 5) is 10.2. The van der Waals surface area contributed by atoms with Crippen molar-refractivity contribution in [3.05, 3.63) is 51.5 Å². The summed E-state index contributed by atoms with van der Waals surface area (Å²) in [6, 6.07) is 7.49. The molecule has 0 saturated carbocycles. The largest absolute Gasteiger partial charge is 0.357 e. The number of sulfonamides is 1. The van der Waals surface area contributed by atoms with E-state index in [1.807, 2.05) is 37.4 Å². The fourth-order valence-electron chi connectivity index (χ4n) is 2.43. The maximum atomic E-state index is 11.7. The van der Waals surface area contributed by atoms with Crippen molar-refractivity contribution in [2.45, 2.75) is 32.6 Å². The summed E-state index contributed by atoms with van der Waals surface area (Å²) >= 11 is 1.71. The average molecular weight is 537 g/mol. The second kappa shape index (κ2) is 12.3. The maximum absolute atomic E-state index is 11.7. The minimum atomic E-state index is -3.28. The first-order valence-electron chi connectivity index (χ1n) is 8.84. The highest BCUT2D eigenvalue weighted by molar-refractivity contribution is 14.0. The molecular weight excluding hydrogens is 509 g/mol. The Morgan fingerprint density at radius 1 is 1.25 bits per heavy atom.